The maximum atomic E-state index is 11.4. The minimum Gasteiger partial charge on any atom is -0.466 e. The highest BCUT2D eigenvalue weighted by Crippen LogP contribution is 2.26. The van der Waals surface area contributed by atoms with Gasteiger partial charge in [0.15, 0.2) is 0 Å². The Hall–Kier alpha value is -2.09. The lowest BCUT2D eigenvalue weighted by Crippen LogP contribution is -2.25. The van der Waals surface area contributed by atoms with Crippen molar-refractivity contribution in [3.8, 4) is 6.07 Å². The van der Waals surface area contributed by atoms with Gasteiger partial charge in [0.25, 0.3) is 0 Å². The van der Waals surface area contributed by atoms with Crippen LogP contribution in [0.2, 0.25) is 0 Å². The van der Waals surface area contributed by atoms with E-state index in [2.05, 4.69) is 11.1 Å². The summed E-state index contributed by atoms with van der Waals surface area (Å²) in [4.78, 5) is 18.0. The lowest BCUT2D eigenvalue weighted by atomic mass is 9.95. The molecule has 0 N–H and O–H groups in total. The molecular formula is C16H21N3O2. The van der Waals surface area contributed by atoms with Crippen molar-refractivity contribution in [2.75, 3.05) is 25.1 Å². The molecule has 0 aliphatic heterocycles. The van der Waals surface area contributed by atoms with Crippen LogP contribution in [0, 0.1) is 11.3 Å². The Morgan fingerprint density at radius 2 is 2.24 bits per heavy atom. The van der Waals surface area contributed by atoms with Gasteiger partial charge in [-0.2, -0.15) is 5.26 Å². The highest BCUT2D eigenvalue weighted by atomic mass is 16.5. The summed E-state index contributed by atoms with van der Waals surface area (Å²) in [5.74, 6) is 0.447. The van der Waals surface area contributed by atoms with Crippen LogP contribution < -0.4 is 4.90 Å². The van der Waals surface area contributed by atoms with Gasteiger partial charge in [-0.1, -0.05) is 0 Å². The van der Waals surface area contributed by atoms with Gasteiger partial charge in [0.2, 0.25) is 0 Å². The number of aryl methyl sites for hydroxylation is 2. The van der Waals surface area contributed by atoms with Crippen molar-refractivity contribution in [3.63, 3.8) is 0 Å². The molecule has 112 valence electrons. The summed E-state index contributed by atoms with van der Waals surface area (Å²) < 4.78 is 4.92. The summed E-state index contributed by atoms with van der Waals surface area (Å²) >= 11 is 0. The fourth-order valence-electron chi connectivity index (χ4n) is 2.59. The van der Waals surface area contributed by atoms with Crippen molar-refractivity contribution in [1.29, 1.82) is 5.26 Å². The second kappa shape index (κ2) is 7.07. The normalized spacial score (nSPS) is 13.2. The molecule has 1 aliphatic rings. The molecule has 0 bridgehead atoms. The first-order valence-corrected chi connectivity index (χ1v) is 7.45. The summed E-state index contributed by atoms with van der Waals surface area (Å²) in [6.07, 6.45) is 4.59. The number of ether oxygens (including phenoxy) is 1. The van der Waals surface area contributed by atoms with Crippen molar-refractivity contribution >= 4 is 11.8 Å². The van der Waals surface area contributed by atoms with E-state index >= 15 is 0 Å². The molecule has 0 spiro atoms. The average molecular weight is 287 g/mol. The van der Waals surface area contributed by atoms with Crippen molar-refractivity contribution in [2.24, 2.45) is 0 Å². The molecular weight excluding hydrogens is 266 g/mol. The number of aromatic nitrogens is 1. The number of anilines is 1. The third-order valence-corrected chi connectivity index (χ3v) is 3.72. The van der Waals surface area contributed by atoms with E-state index in [0.29, 0.717) is 31.0 Å². The molecule has 1 aromatic rings. The molecule has 0 saturated heterocycles. The predicted molar refractivity (Wildman–Crippen MR) is 80.1 cm³/mol. The van der Waals surface area contributed by atoms with Crippen LogP contribution in [0.3, 0.4) is 0 Å². The lowest BCUT2D eigenvalue weighted by Gasteiger charge is -2.22. The molecule has 5 heteroatoms. The smallest absolute Gasteiger partial charge is 0.307 e. The van der Waals surface area contributed by atoms with Crippen LogP contribution in [0.5, 0.6) is 0 Å². The summed E-state index contributed by atoms with van der Waals surface area (Å²) in [7, 11) is 1.86. The number of hydrogen-bond acceptors (Lipinski definition) is 5. The maximum Gasteiger partial charge on any atom is 0.307 e. The topological polar surface area (TPSA) is 66.2 Å². The van der Waals surface area contributed by atoms with Gasteiger partial charge in [-0.3, -0.25) is 4.79 Å². The number of nitrogens with zero attached hydrogens (tertiary/aromatic N) is 3. The predicted octanol–water partition coefficient (Wildman–Crippen LogP) is 2.22. The van der Waals surface area contributed by atoms with E-state index < -0.39 is 0 Å². The van der Waals surface area contributed by atoms with E-state index in [1.54, 1.807) is 6.92 Å². The number of fused-ring (bicyclic) bond motifs is 1. The molecule has 0 radical (unpaired) electrons. The first-order chi connectivity index (χ1) is 10.2. The Balaban J connectivity index is 2.14. The standard InChI is InChI=1S/C16H21N3O2/c1-3-21-15(20)8-9-19(2)16-13(11-17)10-12-6-4-5-7-14(12)18-16/h10H,3-9H2,1-2H3. The summed E-state index contributed by atoms with van der Waals surface area (Å²) in [6, 6.07) is 4.18. The molecule has 0 saturated carbocycles. The van der Waals surface area contributed by atoms with Gasteiger partial charge in [0.1, 0.15) is 11.9 Å². The van der Waals surface area contributed by atoms with E-state index in [1.807, 2.05) is 18.0 Å². The Morgan fingerprint density at radius 3 is 2.95 bits per heavy atom. The molecule has 21 heavy (non-hydrogen) atoms. The SMILES string of the molecule is CCOC(=O)CCN(C)c1nc2c(cc1C#N)CCCC2. The van der Waals surface area contributed by atoms with Crippen molar-refractivity contribution in [1.82, 2.24) is 4.98 Å². The molecule has 0 aromatic carbocycles. The third kappa shape index (κ3) is 3.72. The molecule has 0 fully saturated rings. The first kappa shape index (κ1) is 15.3. The largest absolute Gasteiger partial charge is 0.466 e. The summed E-state index contributed by atoms with van der Waals surface area (Å²) in [6.45, 7) is 2.68. The first-order valence-electron chi connectivity index (χ1n) is 7.45. The van der Waals surface area contributed by atoms with E-state index in [-0.39, 0.29) is 5.97 Å². The molecule has 1 aliphatic carbocycles. The fraction of sp³-hybridized carbons (Fsp3) is 0.562. The molecule has 1 heterocycles. The number of rotatable bonds is 5. The Kier molecular flexibility index (Phi) is 5.15. The second-order valence-corrected chi connectivity index (χ2v) is 5.26. The lowest BCUT2D eigenvalue weighted by molar-refractivity contribution is -0.142. The molecule has 0 atom stereocenters. The Morgan fingerprint density at radius 1 is 1.48 bits per heavy atom. The minimum atomic E-state index is -0.221. The van der Waals surface area contributed by atoms with E-state index in [9.17, 15) is 10.1 Å². The van der Waals surface area contributed by atoms with Crippen LogP contribution in [0.15, 0.2) is 6.07 Å². The maximum absolute atomic E-state index is 11.4. The Labute approximate surface area is 125 Å². The molecule has 1 aromatic heterocycles. The number of hydrogen-bond donors (Lipinski definition) is 0. The minimum absolute atomic E-state index is 0.221. The van der Waals surface area contributed by atoms with Gasteiger partial charge in [-0.25, -0.2) is 4.98 Å². The van der Waals surface area contributed by atoms with Crippen LogP contribution in [0.25, 0.3) is 0 Å². The van der Waals surface area contributed by atoms with Crippen LogP contribution >= 0.6 is 0 Å². The number of carbonyl (C=O) groups excluding carboxylic acids is 1. The van der Waals surface area contributed by atoms with Crippen molar-refractivity contribution in [2.45, 2.75) is 39.0 Å². The number of pyridine rings is 1. The second-order valence-electron chi connectivity index (χ2n) is 5.26. The highest BCUT2D eigenvalue weighted by molar-refractivity contribution is 5.70. The molecule has 2 rings (SSSR count). The van der Waals surface area contributed by atoms with E-state index in [0.717, 1.165) is 31.4 Å². The van der Waals surface area contributed by atoms with Gasteiger partial charge in [-0.05, 0) is 44.2 Å². The van der Waals surface area contributed by atoms with Crippen LogP contribution in [0.4, 0.5) is 5.82 Å². The third-order valence-electron chi connectivity index (χ3n) is 3.72. The number of carbonyl (C=O) groups is 1. The van der Waals surface area contributed by atoms with Crippen LogP contribution in [-0.4, -0.2) is 31.2 Å². The Bertz CT molecular complexity index is 563. The summed E-state index contributed by atoms with van der Waals surface area (Å²) in [5, 5.41) is 9.32. The fourth-order valence-corrected chi connectivity index (χ4v) is 2.59. The van der Waals surface area contributed by atoms with Crippen molar-refractivity contribution < 1.29 is 9.53 Å². The van der Waals surface area contributed by atoms with Gasteiger partial charge in [-0.15, -0.1) is 0 Å². The van der Waals surface area contributed by atoms with Crippen LogP contribution in [-0.2, 0) is 22.4 Å². The average Bonchev–Trinajstić information content (AvgIpc) is 2.51. The zero-order valence-corrected chi connectivity index (χ0v) is 12.7. The zero-order chi connectivity index (χ0) is 15.2. The summed E-state index contributed by atoms with van der Waals surface area (Å²) in [5.41, 5.74) is 2.88. The highest BCUT2D eigenvalue weighted by Gasteiger charge is 2.17. The molecule has 0 unspecified atom stereocenters. The number of esters is 1. The van der Waals surface area contributed by atoms with Gasteiger partial charge >= 0.3 is 5.97 Å². The number of nitriles is 1. The van der Waals surface area contributed by atoms with Gasteiger partial charge in [0, 0.05) is 19.3 Å². The monoisotopic (exact) mass is 287 g/mol. The molecule has 0 amide bonds. The molecule has 5 nitrogen and oxygen atoms in total. The van der Waals surface area contributed by atoms with Gasteiger partial charge in [0.05, 0.1) is 18.6 Å². The van der Waals surface area contributed by atoms with Gasteiger partial charge < -0.3 is 9.64 Å². The van der Waals surface area contributed by atoms with Crippen molar-refractivity contribution in [3.05, 3.63) is 22.9 Å². The van der Waals surface area contributed by atoms with E-state index in [4.69, 9.17) is 4.74 Å². The van der Waals surface area contributed by atoms with Crippen LogP contribution in [0.1, 0.15) is 43.0 Å². The quantitative estimate of drug-likeness (QED) is 0.777. The van der Waals surface area contributed by atoms with E-state index in [1.165, 1.54) is 5.56 Å². The zero-order valence-electron chi connectivity index (χ0n) is 12.7.